The molecule has 1 aliphatic rings. The zero-order valence-corrected chi connectivity index (χ0v) is 33.1. The van der Waals surface area contributed by atoms with Gasteiger partial charge < -0.3 is 9.32 Å². The van der Waals surface area contributed by atoms with E-state index in [1.54, 1.807) is 0 Å². The lowest BCUT2D eigenvalue weighted by atomic mass is 9.56. The summed E-state index contributed by atoms with van der Waals surface area (Å²) in [6.07, 6.45) is 0. The SMILES string of the molecule is [B]c1c([B])c([B])c(-c2c([B])c([B])c(N(c3ccc(-c4cccc5oc6c7ccccc7ccc6c45)cc3)c3ccc4c(c3)C(C)(C)c3ccccc3-4)c([B])c2[B])c([B])c1[B]. The summed E-state index contributed by atoms with van der Waals surface area (Å²) in [6.45, 7) is 4.46. The quantitative estimate of drug-likeness (QED) is 0.253. The third kappa shape index (κ3) is 5.47. The monoisotopic (exact) mass is 743 g/mol. The fourth-order valence-electron chi connectivity index (χ4n) is 9.27. The Morgan fingerprint density at radius 3 is 1.72 bits per heavy atom. The van der Waals surface area contributed by atoms with Crippen LogP contribution in [0.5, 0.6) is 0 Å². The van der Waals surface area contributed by atoms with Crippen molar-refractivity contribution in [2.45, 2.75) is 19.3 Å². The Labute approximate surface area is 362 Å². The van der Waals surface area contributed by atoms with Crippen LogP contribution in [-0.4, -0.2) is 70.6 Å². The van der Waals surface area contributed by atoms with Crippen molar-refractivity contribution in [1.29, 1.82) is 0 Å². The number of hydrogen-bond donors (Lipinski definition) is 0. The van der Waals surface area contributed by atoms with Crippen LogP contribution in [0.2, 0.25) is 0 Å². The molecular formula is C49H26B9NO. The number of benzene rings is 8. The van der Waals surface area contributed by atoms with Crippen molar-refractivity contribution in [3.05, 3.63) is 132 Å². The maximum absolute atomic E-state index is 7.09. The van der Waals surface area contributed by atoms with Crippen molar-refractivity contribution in [3.8, 4) is 33.4 Å². The lowest BCUT2D eigenvalue weighted by Gasteiger charge is -2.34. The molecule has 8 aromatic carbocycles. The van der Waals surface area contributed by atoms with Gasteiger partial charge in [0.1, 0.15) is 81.8 Å². The molecule has 1 aromatic heterocycles. The second kappa shape index (κ2) is 13.9. The molecule has 0 amide bonds. The van der Waals surface area contributed by atoms with Crippen LogP contribution in [0.15, 0.2) is 126 Å². The standard InChI is InChI=1S/C49H26B9NO/c1-49(2)32-12-6-5-10-29(32)30-21-19-26(22-33(30)49)59(47-45(57)40(52)37(41(53)46(47)58)36-38(50)42(54)44(56)43(55)39(36)51)25-17-14-24(15-18-25)27-11-7-13-34-35(27)31-20-16-23-8-3-4-9-28(23)48(31)60-34/h3-22H,1-2H3. The molecule has 0 saturated heterocycles. The first-order valence-electron chi connectivity index (χ1n) is 19.5. The van der Waals surface area contributed by atoms with Gasteiger partial charge in [0, 0.05) is 38.6 Å². The minimum Gasteiger partial charge on any atom is -0.455 e. The molecule has 0 unspecified atom stereocenters. The topological polar surface area (TPSA) is 16.4 Å². The highest BCUT2D eigenvalue weighted by molar-refractivity contribution is 6.71. The molecule has 1 aliphatic carbocycles. The van der Waals surface area contributed by atoms with Gasteiger partial charge in [0.25, 0.3) is 0 Å². The molecule has 9 aromatic rings. The molecule has 0 fully saturated rings. The summed E-state index contributed by atoms with van der Waals surface area (Å²) in [7, 11) is 59.8. The largest absolute Gasteiger partial charge is 0.455 e. The van der Waals surface area contributed by atoms with Crippen LogP contribution in [-0.2, 0) is 5.41 Å². The second-order valence-corrected chi connectivity index (χ2v) is 16.0. The van der Waals surface area contributed by atoms with Crippen molar-refractivity contribution in [1.82, 2.24) is 0 Å². The van der Waals surface area contributed by atoms with Crippen LogP contribution in [0.1, 0.15) is 25.0 Å². The molecule has 2 nitrogen and oxygen atoms in total. The van der Waals surface area contributed by atoms with Gasteiger partial charge in [-0.15, -0.1) is 16.4 Å². The number of fused-ring (bicyclic) bond motifs is 8. The number of nitrogens with zero attached hydrogens (tertiary/aromatic N) is 1. The molecule has 0 N–H and O–H groups in total. The molecule has 0 spiro atoms. The van der Waals surface area contributed by atoms with E-state index in [0.29, 0.717) is 5.69 Å². The fraction of sp³-hybridized carbons (Fsp3) is 0.0612. The Kier molecular flexibility index (Phi) is 8.89. The molecule has 0 atom stereocenters. The van der Waals surface area contributed by atoms with E-state index in [2.05, 4.69) is 98.8 Å². The van der Waals surface area contributed by atoms with E-state index < -0.39 is 0 Å². The lowest BCUT2D eigenvalue weighted by Crippen LogP contribution is -2.57. The van der Waals surface area contributed by atoms with Crippen molar-refractivity contribution in [3.63, 3.8) is 0 Å². The van der Waals surface area contributed by atoms with E-state index in [-0.39, 0.29) is 65.7 Å². The minimum atomic E-state index is -0.294. The summed E-state index contributed by atoms with van der Waals surface area (Å²) in [6, 6.07) is 41.8. The van der Waals surface area contributed by atoms with E-state index >= 15 is 0 Å². The molecule has 0 bridgehead atoms. The van der Waals surface area contributed by atoms with Crippen LogP contribution in [0.3, 0.4) is 0 Å². The first-order chi connectivity index (χ1) is 28.8. The number of rotatable bonds is 5. The summed E-state index contributed by atoms with van der Waals surface area (Å²) in [5.41, 5.74) is 11.3. The van der Waals surface area contributed by atoms with Crippen molar-refractivity contribution in [2.75, 3.05) is 4.90 Å². The summed E-state index contributed by atoms with van der Waals surface area (Å²) in [4.78, 5) is 1.99. The second-order valence-electron chi connectivity index (χ2n) is 16.0. The van der Waals surface area contributed by atoms with E-state index in [1.165, 1.54) is 11.1 Å². The van der Waals surface area contributed by atoms with Crippen molar-refractivity contribution in [2.24, 2.45) is 0 Å². The Morgan fingerprint density at radius 1 is 0.450 bits per heavy atom. The molecule has 0 saturated carbocycles. The first kappa shape index (κ1) is 38.4. The van der Waals surface area contributed by atoms with E-state index in [9.17, 15) is 0 Å². The van der Waals surface area contributed by atoms with Gasteiger partial charge in [-0.3, -0.25) is 0 Å². The Hall–Kier alpha value is -5.80. The highest BCUT2D eigenvalue weighted by Gasteiger charge is 2.36. The zero-order chi connectivity index (χ0) is 41.9. The van der Waals surface area contributed by atoms with Crippen LogP contribution in [0.25, 0.3) is 66.1 Å². The summed E-state index contributed by atoms with van der Waals surface area (Å²) >= 11 is 0. The predicted octanol–water partition coefficient (Wildman–Crippen LogP) is 2.99. The number of furan rings is 1. The molecule has 10 rings (SSSR count). The highest BCUT2D eigenvalue weighted by atomic mass is 16.3. The predicted molar refractivity (Wildman–Crippen MR) is 263 cm³/mol. The lowest BCUT2D eigenvalue weighted by molar-refractivity contribution is 0.660. The van der Waals surface area contributed by atoms with Crippen LogP contribution >= 0.6 is 0 Å². The maximum atomic E-state index is 7.09. The molecule has 11 heteroatoms. The normalized spacial score (nSPS) is 12.9. The van der Waals surface area contributed by atoms with Gasteiger partial charge in [-0.05, 0) is 86.3 Å². The third-order valence-corrected chi connectivity index (χ3v) is 12.5. The van der Waals surface area contributed by atoms with Gasteiger partial charge in [0.05, 0.1) is 0 Å². The molecule has 0 aliphatic heterocycles. The van der Waals surface area contributed by atoms with Gasteiger partial charge in [0.15, 0.2) is 0 Å². The van der Waals surface area contributed by atoms with E-state index in [4.69, 9.17) is 75.0 Å². The fourth-order valence-corrected chi connectivity index (χ4v) is 9.27. The molecule has 1 heterocycles. The first-order valence-corrected chi connectivity index (χ1v) is 19.5. The third-order valence-electron chi connectivity index (χ3n) is 12.5. The maximum Gasteiger partial charge on any atom is 0.143 e. The van der Waals surface area contributed by atoms with Crippen molar-refractivity contribution < 1.29 is 4.42 Å². The van der Waals surface area contributed by atoms with Gasteiger partial charge >= 0.3 is 0 Å². The highest BCUT2D eigenvalue weighted by Crippen LogP contribution is 2.50. The zero-order valence-electron chi connectivity index (χ0n) is 33.1. The molecule has 60 heavy (non-hydrogen) atoms. The van der Waals surface area contributed by atoms with E-state index in [0.717, 1.165) is 66.3 Å². The summed E-state index contributed by atoms with van der Waals surface area (Å²) < 4.78 is 6.51. The summed E-state index contributed by atoms with van der Waals surface area (Å²) in [5.74, 6) is 0. The molecule has 260 valence electrons. The number of anilines is 3. The van der Waals surface area contributed by atoms with Crippen molar-refractivity contribution >= 4 is 170 Å². The Morgan fingerprint density at radius 2 is 1.02 bits per heavy atom. The molecular weight excluding hydrogens is 716 g/mol. The van der Waals surface area contributed by atoms with Crippen LogP contribution < -0.4 is 54.1 Å². The molecule has 18 radical (unpaired) electrons. The van der Waals surface area contributed by atoms with Crippen LogP contribution in [0, 0.1) is 0 Å². The van der Waals surface area contributed by atoms with Crippen LogP contribution in [0.4, 0.5) is 17.1 Å². The number of hydrogen-bond acceptors (Lipinski definition) is 2. The smallest absolute Gasteiger partial charge is 0.143 e. The van der Waals surface area contributed by atoms with Gasteiger partial charge in [-0.2, -0.15) is 0 Å². The Balaban J connectivity index is 1.18. The Bertz CT molecular complexity index is 3240. The van der Waals surface area contributed by atoms with Gasteiger partial charge in [0.2, 0.25) is 0 Å². The summed E-state index contributed by atoms with van der Waals surface area (Å²) in [5, 5.41) is 4.27. The average molecular weight is 742 g/mol. The van der Waals surface area contributed by atoms with E-state index in [1.807, 2.05) is 41.3 Å². The van der Waals surface area contributed by atoms with Gasteiger partial charge in [-0.1, -0.05) is 132 Å². The minimum absolute atomic E-state index is 0.0487. The van der Waals surface area contributed by atoms with Gasteiger partial charge in [-0.25, -0.2) is 0 Å². The average Bonchev–Trinajstić information content (AvgIpc) is 3.76.